The quantitative estimate of drug-likeness (QED) is 0.674. The third-order valence-electron chi connectivity index (χ3n) is 3.20. The average molecular weight is 310 g/mol. The number of carboxylic acid groups (broad SMARTS) is 1. The average Bonchev–Trinajstić information content (AvgIpc) is 2.45. The Balaban J connectivity index is 0.000000277. The predicted octanol–water partition coefficient (Wildman–Crippen LogP) is 4.43. The lowest BCUT2D eigenvalue weighted by molar-refractivity contribution is -0.131. The Morgan fingerprint density at radius 3 is 1.83 bits per heavy atom. The standard InChI is InChI=1S/C12H12O3.C8H10/c1-8-3-4-10(9(2)7-8)11(13)5-6-12(14)15;1-7-4-3-5-8(2)6-7/h3-7H,1-2H3,(H,14,15);3-6H,1-2H3/b6-5+;. The first-order valence-electron chi connectivity index (χ1n) is 7.35. The van der Waals surface area contributed by atoms with E-state index in [1.807, 2.05) is 26.0 Å². The van der Waals surface area contributed by atoms with Gasteiger partial charge in [0.2, 0.25) is 0 Å². The molecule has 0 heterocycles. The summed E-state index contributed by atoms with van der Waals surface area (Å²) in [6.45, 7) is 7.98. The Bertz CT molecular complexity index is 710. The van der Waals surface area contributed by atoms with Crippen LogP contribution >= 0.6 is 0 Å². The summed E-state index contributed by atoms with van der Waals surface area (Å²) in [5.41, 5.74) is 5.15. The Labute approximate surface area is 137 Å². The number of hydrogen-bond acceptors (Lipinski definition) is 2. The van der Waals surface area contributed by atoms with E-state index in [-0.39, 0.29) is 5.78 Å². The maximum Gasteiger partial charge on any atom is 0.328 e. The Kier molecular flexibility index (Phi) is 6.94. The molecule has 3 heteroatoms. The molecule has 0 aliphatic rings. The normalized spacial score (nSPS) is 10.1. The number of ketones is 1. The Hall–Kier alpha value is -2.68. The van der Waals surface area contributed by atoms with Gasteiger partial charge >= 0.3 is 5.97 Å². The van der Waals surface area contributed by atoms with E-state index in [2.05, 4.69) is 38.1 Å². The number of aliphatic carboxylic acids is 1. The van der Waals surface area contributed by atoms with Gasteiger partial charge in [-0.05, 0) is 39.3 Å². The molecule has 1 N–H and O–H groups in total. The van der Waals surface area contributed by atoms with Crippen molar-refractivity contribution in [2.75, 3.05) is 0 Å². The summed E-state index contributed by atoms with van der Waals surface area (Å²) >= 11 is 0. The van der Waals surface area contributed by atoms with Crippen molar-refractivity contribution < 1.29 is 14.7 Å². The van der Waals surface area contributed by atoms with E-state index in [1.54, 1.807) is 6.07 Å². The SMILES string of the molecule is Cc1ccc(C(=O)/C=C/C(=O)O)c(C)c1.Cc1cccc(C)c1. The van der Waals surface area contributed by atoms with Gasteiger partial charge in [-0.1, -0.05) is 59.2 Å². The topological polar surface area (TPSA) is 54.4 Å². The molecule has 0 unspecified atom stereocenters. The van der Waals surface area contributed by atoms with Crippen LogP contribution in [-0.2, 0) is 4.79 Å². The first-order chi connectivity index (χ1) is 10.8. The summed E-state index contributed by atoms with van der Waals surface area (Å²) in [5, 5.41) is 8.38. The zero-order valence-corrected chi connectivity index (χ0v) is 14.0. The van der Waals surface area contributed by atoms with E-state index >= 15 is 0 Å². The van der Waals surface area contributed by atoms with Gasteiger partial charge in [0.1, 0.15) is 0 Å². The third-order valence-corrected chi connectivity index (χ3v) is 3.20. The van der Waals surface area contributed by atoms with Crippen LogP contribution in [0.15, 0.2) is 54.6 Å². The number of allylic oxidation sites excluding steroid dienone is 1. The van der Waals surface area contributed by atoms with Crippen molar-refractivity contribution in [2.45, 2.75) is 27.7 Å². The van der Waals surface area contributed by atoms with Crippen molar-refractivity contribution in [3.05, 3.63) is 82.4 Å². The summed E-state index contributed by atoms with van der Waals surface area (Å²) in [5.74, 6) is -1.40. The molecule has 2 aromatic rings. The molecule has 0 aliphatic heterocycles. The fraction of sp³-hybridized carbons (Fsp3) is 0.200. The predicted molar refractivity (Wildman–Crippen MR) is 92.9 cm³/mol. The zero-order valence-electron chi connectivity index (χ0n) is 14.0. The number of aryl methyl sites for hydroxylation is 4. The molecule has 0 amide bonds. The molecule has 23 heavy (non-hydrogen) atoms. The maximum absolute atomic E-state index is 11.5. The molecule has 2 aromatic carbocycles. The summed E-state index contributed by atoms with van der Waals surface area (Å²) in [6, 6.07) is 13.9. The van der Waals surface area contributed by atoms with Crippen LogP contribution in [0.3, 0.4) is 0 Å². The molecule has 0 atom stereocenters. The van der Waals surface area contributed by atoms with Crippen molar-refractivity contribution >= 4 is 11.8 Å². The molecule has 0 spiro atoms. The number of carbonyl (C=O) groups excluding carboxylic acids is 1. The van der Waals surface area contributed by atoms with Gasteiger partial charge in [0.05, 0.1) is 0 Å². The highest BCUT2D eigenvalue weighted by atomic mass is 16.4. The second kappa shape index (κ2) is 8.69. The highest BCUT2D eigenvalue weighted by Crippen LogP contribution is 2.11. The largest absolute Gasteiger partial charge is 0.478 e. The molecule has 3 nitrogen and oxygen atoms in total. The van der Waals surface area contributed by atoms with Gasteiger partial charge in [0.25, 0.3) is 0 Å². The van der Waals surface area contributed by atoms with Crippen molar-refractivity contribution in [3.63, 3.8) is 0 Å². The Morgan fingerprint density at radius 1 is 0.826 bits per heavy atom. The number of rotatable bonds is 3. The van der Waals surface area contributed by atoms with Crippen LogP contribution in [0.25, 0.3) is 0 Å². The fourth-order valence-electron chi connectivity index (χ4n) is 2.13. The van der Waals surface area contributed by atoms with Gasteiger partial charge in [-0.15, -0.1) is 0 Å². The minimum atomic E-state index is -1.12. The lowest BCUT2D eigenvalue weighted by Gasteiger charge is -2.02. The van der Waals surface area contributed by atoms with Crippen LogP contribution in [0.4, 0.5) is 0 Å². The van der Waals surface area contributed by atoms with E-state index in [4.69, 9.17) is 5.11 Å². The molecule has 0 bridgehead atoms. The lowest BCUT2D eigenvalue weighted by atomic mass is 10.0. The van der Waals surface area contributed by atoms with E-state index in [1.165, 1.54) is 11.1 Å². The molecule has 0 saturated heterocycles. The van der Waals surface area contributed by atoms with Crippen molar-refractivity contribution in [3.8, 4) is 0 Å². The number of carbonyl (C=O) groups is 2. The van der Waals surface area contributed by atoms with Gasteiger partial charge in [-0.25, -0.2) is 4.79 Å². The number of hydrogen-bond donors (Lipinski definition) is 1. The van der Waals surface area contributed by atoms with Gasteiger partial charge in [-0.2, -0.15) is 0 Å². The number of benzene rings is 2. The summed E-state index contributed by atoms with van der Waals surface area (Å²) in [7, 11) is 0. The summed E-state index contributed by atoms with van der Waals surface area (Å²) in [4.78, 5) is 21.8. The summed E-state index contributed by atoms with van der Waals surface area (Å²) < 4.78 is 0. The highest BCUT2D eigenvalue weighted by molar-refractivity contribution is 6.07. The van der Waals surface area contributed by atoms with Crippen LogP contribution in [0.5, 0.6) is 0 Å². The Morgan fingerprint density at radius 2 is 1.39 bits per heavy atom. The van der Waals surface area contributed by atoms with Gasteiger partial charge < -0.3 is 5.11 Å². The second-order valence-corrected chi connectivity index (χ2v) is 5.51. The molecule has 0 fully saturated rings. The van der Waals surface area contributed by atoms with Gasteiger partial charge in [0, 0.05) is 11.6 Å². The molecular weight excluding hydrogens is 288 g/mol. The smallest absolute Gasteiger partial charge is 0.328 e. The molecule has 0 aromatic heterocycles. The summed E-state index contributed by atoms with van der Waals surface area (Å²) in [6.07, 6.45) is 1.92. The fourth-order valence-corrected chi connectivity index (χ4v) is 2.13. The molecule has 0 saturated carbocycles. The van der Waals surface area contributed by atoms with Crippen molar-refractivity contribution in [1.82, 2.24) is 0 Å². The molecular formula is C20H22O3. The molecule has 2 rings (SSSR count). The van der Waals surface area contributed by atoms with Crippen molar-refractivity contribution in [1.29, 1.82) is 0 Å². The van der Waals surface area contributed by atoms with E-state index < -0.39 is 5.97 Å². The van der Waals surface area contributed by atoms with Crippen molar-refractivity contribution in [2.24, 2.45) is 0 Å². The minimum Gasteiger partial charge on any atom is -0.478 e. The van der Waals surface area contributed by atoms with Crippen LogP contribution < -0.4 is 0 Å². The molecule has 0 radical (unpaired) electrons. The first kappa shape index (κ1) is 18.4. The monoisotopic (exact) mass is 310 g/mol. The zero-order chi connectivity index (χ0) is 17.4. The lowest BCUT2D eigenvalue weighted by Crippen LogP contribution is -1.99. The van der Waals surface area contributed by atoms with E-state index in [9.17, 15) is 9.59 Å². The van der Waals surface area contributed by atoms with Crippen LogP contribution in [-0.4, -0.2) is 16.9 Å². The van der Waals surface area contributed by atoms with E-state index in [0.29, 0.717) is 5.56 Å². The molecule has 0 aliphatic carbocycles. The maximum atomic E-state index is 11.5. The third kappa shape index (κ3) is 6.74. The molecule has 120 valence electrons. The van der Waals surface area contributed by atoms with Crippen LogP contribution in [0.1, 0.15) is 32.6 Å². The highest BCUT2D eigenvalue weighted by Gasteiger charge is 2.05. The van der Waals surface area contributed by atoms with Crippen LogP contribution in [0.2, 0.25) is 0 Å². The first-order valence-corrected chi connectivity index (χ1v) is 7.35. The van der Waals surface area contributed by atoms with Gasteiger partial charge in [0.15, 0.2) is 5.78 Å². The second-order valence-electron chi connectivity index (χ2n) is 5.51. The number of carboxylic acids is 1. The minimum absolute atomic E-state index is 0.282. The van der Waals surface area contributed by atoms with Gasteiger partial charge in [-0.3, -0.25) is 4.79 Å². The van der Waals surface area contributed by atoms with E-state index in [0.717, 1.165) is 23.3 Å². The van der Waals surface area contributed by atoms with Crippen LogP contribution in [0, 0.1) is 27.7 Å².